The first-order valence-electron chi connectivity index (χ1n) is 11.1. The third-order valence-corrected chi connectivity index (χ3v) is 6.04. The maximum Gasteiger partial charge on any atom is 0.257 e. The molecule has 4 rings (SSSR count). The van der Waals surface area contributed by atoms with Gasteiger partial charge in [-0.3, -0.25) is 9.69 Å². The fourth-order valence-electron chi connectivity index (χ4n) is 4.67. The number of morpholine rings is 1. The van der Waals surface area contributed by atoms with Gasteiger partial charge < -0.3 is 15.0 Å². The number of nitrogens with zero attached hydrogens (tertiary/aromatic N) is 3. The van der Waals surface area contributed by atoms with E-state index in [0.717, 1.165) is 45.6 Å². The Kier molecular flexibility index (Phi) is 6.83. The monoisotopic (exact) mass is 426 g/mol. The third-order valence-electron chi connectivity index (χ3n) is 6.04. The van der Waals surface area contributed by atoms with Crippen molar-refractivity contribution < 1.29 is 13.9 Å². The summed E-state index contributed by atoms with van der Waals surface area (Å²) in [5.41, 5.74) is 1.08. The van der Waals surface area contributed by atoms with E-state index >= 15 is 0 Å². The standard InChI is InChI=1S/C24H31FN4O2/c1-17-14-28(15-18(2)31-17)16-19-8-11-29(12-9-19)24(30)22-7-4-10-26-23(22)27-21-6-3-5-20(25)13-21/h3-7,10,13,17-19H,8-9,11-12,14-16H2,1-2H3,(H,26,27). The first-order chi connectivity index (χ1) is 15.0. The van der Waals surface area contributed by atoms with Gasteiger partial charge in [-0.15, -0.1) is 0 Å². The van der Waals surface area contributed by atoms with E-state index in [4.69, 9.17) is 4.74 Å². The highest BCUT2D eigenvalue weighted by atomic mass is 19.1. The number of benzene rings is 1. The molecular formula is C24H31FN4O2. The third kappa shape index (κ3) is 5.60. The molecule has 2 atom stereocenters. The van der Waals surface area contributed by atoms with Gasteiger partial charge in [0.25, 0.3) is 5.91 Å². The number of rotatable bonds is 5. The van der Waals surface area contributed by atoms with Gasteiger partial charge in [0, 0.05) is 44.6 Å². The molecular weight excluding hydrogens is 395 g/mol. The number of ether oxygens (including phenoxy) is 1. The number of anilines is 2. The van der Waals surface area contributed by atoms with Gasteiger partial charge in [-0.05, 0) is 62.9 Å². The van der Waals surface area contributed by atoms with Crippen LogP contribution in [0.25, 0.3) is 0 Å². The second-order valence-corrected chi connectivity index (χ2v) is 8.75. The van der Waals surface area contributed by atoms with Gasteiger partial charge in [0.15, 0.2) is 0 Å². The average Bonchev–Trinajstić information content (AvgIpc) is 2.73. The number of hydrogen-bond donors (Lipinski definition) is 1. The zero-order valence-electron chi connectivity index (χ0n) is 18.3. The van der Waals surface area contributed by atoms with Crippen molar-refractivity contribution in [2.45, 2.75) is 38.9 Å². The number of halogens is 1. The van der Waals surface area contributed by atoms with Gasteiger partial charge in [-0.1, -0.05) is 6.07 Å². The molecule has 0 bridgehead atoms. The Hall–Kier alpha value is -2.51. The van der Waals surface area contributed by atoms with Crippen LogP contribution in [-0.4, -0.2) is 65.6 Å². The van der Waals surface area contributed by atoms with Crippen molar-refractivity contribution in [3.63, 3.8) is 0 Å². The number of pyridine rings is 1. The van der Waals surface area contributed by atoms with Gasteiger partial charge >= 0.3 is 0 Å². The van der Waals surface area contributed by atoms with E-state index in [2.05, 4.69) is 29.0 Å². The number of hydrogen-bond acceptors (Lipinski definition) is 5. The maximum atomic E-state index is 13.5. The highest BCUT2D eigenvalue weighted by molar-refractivity contribution is 5.99. The Morgan fingerprint density at radius 2 is 1.90 bits per heavy atom. The molecule has 2 aromatic rings. The number of aromatic nitrogens is 1. The SMILES string of the molecule is CC1CN(CC2CCN(C(=O)c3cccnc3Nc3cccc(F)c3)CC2)CC(C)O1. The summed E-state index contributed by atoms with van der Waals surface area (Å²) in [5.74, 6) is 0.691. The highest BCUT2D eigenvalue weighted by Gasteiger charge is 2.29. The minimum atomic E-state index is -0.333. The smallest absolute Gasteiger partial charge is 0.257 e. The number of nitrogens with one attached hydrogen (secondary N) is 1. The molecule has 0 spiro atoms. The van der Waals surface area contributed by atoms with Crippen molar-refractivity contribution in [1.29, 1.82) is 0 Å². The zero-order chi connectivity index (χ0) is 21.8. The van der Waals surface area contributed by atoms with Gasteiger partial charge in [-0.2, -0.15) is 0 Å². The zero-order valence-corrected chi connectivity index (χ0v) is 18.3. The first kappa shape index (κ1) is 21.7. The van der Waals surface area contributed by atoms with Crippen LogP contribution in [0, 0.1) is 11.7 Å². The molecule has 2 aliphatic rings. The molecule has 3 heterocycles. The van der Waals surface area contributed by atoms with Crippen LogP contribution < -0.4 is 5.32 Å². The first-order valence-corrected chi connectivity index (χ1v) is 11.1. The lowest BCUT2D eigenvalue weighted by Crippen LogP contribution is -2.48. The summed E-state index contributed by atoms with van der Waals surface area (Å²) in [5, 5.41) is 3.09. The van der Waals surface area contributed by atoms with Crippen molar-refractivity contribution in [3.05, 3.63) is 54.0 Å². The lowest BCUT2D eigenvalue weighted by Gasteiger charge is -2.39. The molecule has 1 amide bonds. The molecule has 2 saturated heterocycles. The van der Waals surface area contributed by atoms with Crippen LogP contribution in [0.3, 0.4) is 0 Å². The van der Waals surface area contributed by atoms with Crippen molar-refractivity contribution in [2.24, 2.45) is 5.92 Å². The average molecular weight is 427 g/mol. The minimum absolute atomic E-state index is 0.0286. The van der Waals surface area contributed by atoms with E-state index < -0.39 is 0 Å². The van der Waals surface area contributed by atoms with Gasteiger partial charge in [0.05, 0.1) is 17.8 Å². The van der Waals surface area contributed by atoms with E-state index in [1.807, 2.05) is 4.90 Å². The van der Waals surface area contributed by atoms with Crippen molar-refractivity contribution >= 4 is 17.4 Å². The Bertz CT molecular complexity index is 891. The van der Waals surface area contributed by atoms with Crippen LogP contribution in [0.4, 0.5) is 15.9 Å². The number of likely N-dealkylation sites (tertiary alicyclic amines) is 1. The van der Waals surface area contributed by atoms with Crippen LogP contribution in [0.15, 0.2) is 42.6 Å². The number of amides is 1. The normalized spacial score (nSPS) is 23.0. The fourth-order valence-corrected chi connectivity index (χ4v) is 4.67. The predicted molar refractivity (Wildman–Crippen MR) is 119 cm³/mol. The molecule has 1 N–H and O–H groups in total. The summed E-state index contributed by atoms with van der Waals surface area (Å²) in [6, 6.07) is 9.70. The number of piperidine rings is 1. The predicted octanol–water partition coefficient (Wildman–Crippen LogP) is 3.93. The van der Waals surface area contributed by atoms with E-state index in [9.17, 15) is 9.18 Å². The van der Waals surface area contributed by atoms with Crippen LogP contribution >= 0.6 is 0 Å². The van der Waals surface area contributed by atoms with E-state index in [1.165, 1.54) is 12.1 Å². The highest BCUT2D eigenvalue weighted by Crippen LogP contribution is 2.25. The van der Waals surface area contributed by atoms with Crippen LogP contribution in [-0.2, 0) is 4.74 Å². The second-order valence-electron chi connectivity index (χ2n) is 8.75. The fraction of sp³-hybridized carbons (Fsp3) is 0.500. The largest absolute Gasteiger partial charge is 0.373 e. The molecule has 7 heteroatoms. The molecule has 6 nitrogen and oxygen atoms in total. The maximum absolute atomic E-state index is 13.5. The summed E-state index contributed by atoms with van der Waals surface area (Å²) in [6.07, 6.45) is 4.19. The molecule has 166 valence electrons. The van der Waals surface area contributed by atoms with Crippen LogP contribution in [0.2, 0.25) is 0 Å². The lowest BCUT2D eigenvalue weighted by molar-refractivity contribution is -0.0728. The van der Waals surface area contributed by atoms with Crippen molar-refractivity contribution in [3.8, 4) is 0 Å². The molecule has 2 fully saturated rings. The summed E-state index contributed by atoms with van der Waals surface area (Å²) in [4.78, 5) is 21.9. The van der Waals surface area contributed by atoms with Gasteiger partial charge in [0.2, 0.25) is 0 Å². The van der Waals surface area contributed by atoms with E-state index in [-0.39, 0.29) is 23.9 Å². The molecule has 1 aromatic carbocycles. The molecule has 31 heavy (non-hydrogen) atoms. The molecule has 0 saturated carbocycles. The Balaban J connectivity index is 1.36. The summed E-state index contributed by atoms with van der Waals surface area (Å²) >= 11 is 0. The van der Waals surface area contributed by atoms with Gasteiger partial charge in [0.1, 0.15) is 11.6 Å². The molecule has 2 aliphatic heterocycles. The van der Waals surface area contributed by atoms with E-state index in [0.29, 0.717) is 23.0 Å². The molecule has 1 aromatic heterocycles. The second kappa shape index (κ2) is 9.75. The van der Waals surface area contributed by atoms with Crippen molar-refractivity contribution in [1.82, 2.24) is 14.8 Å². The van der Waals surface area contributed by atoms with Gasteiger partial charge in [-0.25, -0.2) is 9.37 Å². The minimum Gasteiger partial charge on any atom is -0.373 e. The summed E-state index contributed by atoms with van der Waals surface area (Å²) in [6.45, 7) is 8.78. The summed E-state index contributed by atoms with van der Waals surface area (Å²) < 4.78 is 19.4. The van der Waals surface area contributed by atoms with E-state index in [1.54, 1.807) is 30.5 Å². The quantitative estimate of drug-likeness (QED) is 0.785. The summed E-state index contributed by atoms with van der Waals surface area (Å²) in [7, 11) is 0. The lowest BCUT2D eigenvalue weighted by atomic mass is 9.95. The number of carbonyl (C=O) groups excluding carboxylic acids is 1. The number of carbonyl (C=O) groups is 1. The Morgan fingerprint density at radius 1 is 1.16 bits per heavy atom. The van der Waals surface area contributed by atoms with Crippen molar-refractivity contribution in [2.75, 3.05) is 38.0 Å². The van der Waals surface area contributed by atoms with Crippen LogP contribution in [0.5, 0.6) is 0 Å². The van der Waals surface area contributed by atoms with Crippen LogP contribution in [0.1, 0.15) is 37.0 Å². The topological polar surface area (TPSA) is 57.7 Å². The molecule has 0 aliphatic carbocycles. The Labute approximate surface area is 183 Å². The molecule has 2 unspecified atom stereocenters. The Morgan fingerprint density at radius 3 is 2.61 bits per heavy atom. The molecule has 0 radical (unpaired) electrons.